The molecule has 0 rings (SSSR count). The highest BCUT2D eigenvalue weighted by atomic mass is 32.2. The van der Waals surface area contributed by atoms with Crippen molar-refractivity contribution in [2.45, 2.75) is 65.7 Å². The molecule has 0 aromatic heterocycles. The van der Waals surface area contributed by atoms with E-state index < -0.39 is 10.1 Å². The van der Waals surface area contributed by atoms with Crippen molar-refractivity contribution >= 4 is 10.1 Å². The Hall–Kier alpha value is -0.0900. The molecular weight excluding hydrogens is 248 g/mol. The molecule has 2 atom stereocenters. The number of rotatable bonds is 11. The van der Waals surface area contributed by atoms with Crippen molar-refractivity contribution in [1.29, 1.82) is 0 Å². The average molecular weight is 278 g/mol. The Labute approximate surface area is 113 Å². The predicted octanol–water partition coefficient (Wildman–Crippen LogP) is 3.99. The smallest absolute Gasteiger partial charge is 0.264 e. The molecule has 0 fully saturated rings. The molecule has 4 heteroatoms. The summed E-state index contributed by atoms with van der Waals surface area (Å²) in [5.74, 6) is 1.54. The minimum absolute atomic E-state index is 0.330. The molecule has 18 heavy (non-hydrogen) atoms. The van der Waals surface area contributed by atoms with Gasteiger partial charge in [-0.1, -0.05) is 52.9 Å². The molecule has 0 heterocycles. The van der Waals surface area contributed by atoms with Crippen LogP contribution in [0.5, 0.6) is 0 Å². The zero-order chi connectivity index (χ0) is 14.0. The Balaban J connectivity index is 3.50. The van der Waals surface area contributed by atoms with Crippen LogP contribution >= 0.6 is 0 Å². The van der Waals surface area contributed by atoms with E-state index in [0.29, 0.717) is 6.61 Å². The van der Waals surface area contributed by atoms with E-state index in [0.717, 1.165) is 30.9 Å². The molecule has 0 aromatic rings. The largest absolute Gasteiger partial charge is 0.270 e. The van der Waals surface area contributed by atoms with Gasteiger partial charge in [-0.25, -0.2) is 0 Å². The molecule has 0 saturated heterocycles. The molecule has 0 aliphatic carbocycles. The molecule has 0 aliphatic rings. The van der Waals surface area contributed by atoms with E-state index in [2.05, 4.69) is 20.8 Å². The minimum atomic E-state index is -3.25. The van der Waals surface area contributed by atoms with Gasteiger partial charge < -0.3 is 0 Å². The van der Waals surface area contributed by atoms with Gasteiger partial charge in [-0.15, -0.1) is 0 Å². The number of hydrogen-bond donors (Lipinski definition) is 0. The first-order chi connectivity index (χ1) is 8.35. The summed E-state index contributed by atoms with van der Waals surface area (Å²) >= 11 is 0. The van der Waals surface area contributed by atoms with Gasteiger partial charge in [0.15, 0.2) is 0 Å². The van der Waals surface area contributed by atoms with Gasteiger partial charge in [-0.2, -0.15) is 8.42 Å². The van der Waals surface area contributed by atoms with Crippen LogP contribution in [-0.4, -0.2) is 21.3 Å². The number of hydrogen-bond acceptors (Lipinski definition) is 3. The third-order valence-corrected chi connectivity index (χ3v) is 3.84. The molecule has 0 spiro atoms. The van der Waals surface area contributed by atoms with Gasteiger partial charge >= 0.3 is 0 Å². The van der Waals surface area contributed by atoms with E-state index in [1.54, 1.807) is 0 Å². The van der Waals surface area contributed by atoms with Crippen molar-refractivity contribution in [2.75, 3.05) is 12.9 Å². The molecule has 0 unspecified atom stereocenters. The third kappa shape index (κ3) is 12.4. The quantitative estimate of drug-likeness (QED) is 0.424. The van der Waals surface area contributed by atoms with Crippen molar-refractivity contribution in [2.24, 2.45) is 11.8 Å². The monoisotopic (exact) mass is 278 g/mol. The molecular formula is C14H30O3S. The second kappa shape index (κ2) is 9.79. The predicted molar refractivity (Wildman–Crippen MR) is 77.1 cm³/mol. The summed E-state index contributed by atoms with van der Waals surface area (Å²) in [6.07, 6.45) is 9.38. The first-order valence-corrected chi connectivity index (χ1v) is 9.01. The van der Waals surface area contributed by atoms with Crippen LogP contribution < -0.4 is 0 Å². The first-order valence-electron chi connectivity index (χ1n) is 7.19. The van der Waals surface area contributed by atoms with Crippen molar-refractivity contribution in [3.8, 4) is 0 Å². The third-order valence-electron chi connectivity index (χ3n) is 3.24. The normalized spacial score (nSPS) is 15.6. The highest BCUT2D eigenvalue weighted by Gasteiger charge is 2.08. The lowest BCUT2D eigenvalue weighted by atomic mass is 9.90. The van der Waals surface area contributed by atoms with Crippen molar-refractivity contribution < 1.29 is 12.6 Å². The lowest BCUT2D eigenvalue weighted by molar-refractivity contribution is 0.298. The van der Waals surface area contributed by atoms with Gasteiger partial charge in [-0.05, 0) is 24.7 Å². The standard InChI is InChI=1S/C14H30O3S/c1-5-6-9-13(2)12-14(3)10-7-8-11-17-18(4,15)16/h13-14H,5-12H2,1-4H3/t13-,14+/m0/s1. The van der Waals surface area contributed by atoms with Gasteiger partial charge in [-0.3, -0.25) is 4.18 Å². The van der Waals surface area contributed by atoms with Crippen LogP contribution in [0.2, 0.25) is 0 Å². The second-order valence-electron chi connectivity index (χ2n) is 5.61. The number of unbranched alkanes of at least 4 members (excludes halogenated alkanes) is 2. The van der Waals surface area contributed by atoms with E-state index in [1.165, 1.54) is 32.1 Å². The highest BCUT2D eigenvalue weighted by molar-refractivity contribution is 7.85. The summed E-state index contributed by atoms with van der Waals surface area (Å²) in [5, 5.41) is 0. The van der Waals surface area contributed by atoms with Crippen molar-refractivity contribution in [3.05, 3.63) is 0 Å². The fraction of sp³-hybridized carbons (Fsp3) is 1.00. The van der Waals surface area contributed by atoms with Crippen LogP contribution in [0.4, 0.5) is 0 Å². The second-order valence-corrected chi connectivity index (χ2v) is 7.25. The van der Waals surface area contributed by atoms with Crippen LogP contribution in [0, 0.1) is 11.8 Å². The fourth-order valence-electron chi connectivity index (χ4n) is 2.28. The Morgan fingerprint density at radius 3 is 2.06 bits per heavy atom. The van der Waals surface area contributed by atoms with E-state index >= 15 is 0 Å². The zero-order valence-corrected chi connectivity index (χ0v) is 13.3. The maximum atomic E-state index is 10.8. The Kier molecular flexibility index (Phi) is 9.74. The Morgan fingerprint density at radius 1 is 1.00 bits per heavy atom. The summed E-state index contributed by atoms with van der Waals surface area (Å²) in [6.45, 7) is 7.19. The minimum Gasteiger partial charge on any atom is -0.270 e. The summed E-state index contributed by atoms with van der Waals surface area (Å²) in [7, 11) is -3.25. The molecule has 0 aliphatic heterocycles. The van der Waals surface area contributed by atoms with Crippen LogP contribution in [0.25, 0.3) is 0 Å². The average Bonchev–Trinajstić information content (AvgIpc) is 2.24. The van der Waals surface area contributed by atoms with Crippen LogP contribution in [0.3, 0.4) is 0 Å². The van der Waals surface area contributed by atoms with E-state index in [9.17, 15) is 8.42 Å². The molecule has 0 amide bonds. The molecule has 0 N–H and O–H groups in total. The Morgan fingerprint density at radius 2 is 1.56 bits per heavy atom. The van der Waals surface area contributed by atoms with E-state index in [-0.39, 0.29) is 0 Å². The molecule has 0 radical (unpaired) electrons. The first kappa shape index (κ1) is 17.9. The molecule has 3 nitrogen and oxygen atoms in total. The summed E-state index contributed by atoms with van der Waals surface area (Å²) in [6, 6.07) is 0. The summed E-state index contributed by atoms with van der Waals surface area (Å²) in [4.78, 5) is 0. The van der Waals surface area contributed by atoms with E-state index in [1.807, 2.05) is 0 Å². The fourth-order valence-corrected chi connectivity index (χ4v) is 2.70. The van der Waals surface area contributed by atoms with Gasteiger partial charge in [0.05, 0.1) is 12.9 Å². The lowest BCUT2D eigenvalue weighted by Gasteiger charge is -2.16. The summed E-state index contributed by atoms with van der Waals surface area (Å²) in [5.41, 5.74) is 0. The lowest BCUT2D eigenvalue weighted by Crippen LogP contribution is -2.06. The highest BCUT2D eigenvalue weighted by Crippen LogP contribution is 2.21. The Bertz CT molecular complexity index is 285. The maximum absolute atomic E-state index is 10.8. The van der Waals surface area contributed by atoms with Gasteiger partial charge in [0, 0.05) is 0 Å². The van der Waals surface area contributed by atoms with Crippen LogP contribution in [0.15, 0.2) is 0 Å². The molecule has 0 saturated carbocycles. The molecule has 110 valence electrons. The molecule has 0 bridgehead atoms. The zero-order valence-electron chi connectivity index (χ0n) is 12.4. The van der Waals surface area contributed by atoms with Crippen LogP contribution in [-0.2, 0) is 14.3 Å². The molecule has 0 aromatic carbocycles. The van der Waals surface area contributed by atoms with Crippen molar-refractivity contribution in [1.82, 2.24) is 0 Å². The SMILES string of the molecule is CCCC[C@H](C)C[C@H](C)CCCCOS(C)(=O)=O. The maximum Gasteiger partial charge on any atom is 0.264 e. The van der Waals surface area contributed by atoms with Crippen molar-refractivity contribution in [3.63, 3.8) is 0 Å². The van der Waals surface area contributed by atoms with Gasteiger partial charge in [0.1, 0.15) is 0 Å². The van der Waals surface area contributed by atoms with E-state index in [4.69, 9.17) is 4.18 Å². The van der Waals surface area contributed by atoms with Gasteiger partial charge in [0.25, 0.3) is 10.1 Å². The summed E-state index contributed by atoms with van der Waals surface area (Å²) < 4.78 is 26.2. The van der Waals surface area contributed by atoms with Gasteiger partial charge in [0.2, 0.25) is 0 Å². The van der Waals surface area contributed by atoms with Crippen LogP contribution in [0.1, 0.15) is 65.7 Å². The topological polar surface area (TPSA) is 43.4 Å².